The van der Waals surface area contributed by atoms with Gasteiger partial charge in [-0.2, -0.15) is 0 Å². The van der Waals surface area contributed by atoms with Gasteiger partial charge in [-0.1, -0.05) is 18.9 Å². The fourth-order valence-corrected chi connectivity index (χ4v) is 4.22. The van der Waals surface area contributed by atoms with E-state index in [0.717, 1.165) is 12.6 Å². The lowest BCUT2D eigenvalue weighted by Crippen LogP contribution is -2.47. The van der Waals surface area contributed by atoms with Crippen LogP contribution in [-0.2, 0) is 9.32 Å². The van der Waals surface area contributed by atoms with Crippen LogP contribution in [0.3, 0.4) is 0 Å². The highest BCUT2D eigenvalue weighted by molar-refractivity contribution is 7.51. The molecule has 2 N–H and O–H groups in total. The molecule has 0 spiro atoms. The number of carbonyl (C=O) groups excluding carboxylic acids is 1. The van der Waals surface area contributed by atoms with Crippen LogP contribution in [0.1, 0.15) is 38.5 Å². The summed E-state index contributed by atoms with van der Waals surface area (Å²) in [5.74, 6) is -0.0335. The Bertz CT molecular complexity index is 345. The fourth-order valence-electron chi connectivity index (χ4n) is 2.55. The minimum absolute atomic E-state index is 0.0335. The number of hydrogen-bond donors (Lipinski definition) is 2. The maximum Gasteiger partial charge on any atom is 0.310 e. The Morgan fingerprint density at radius 3 is 2.71 bits per heavy atom. The summed E-state index contributed by atoms with van der Waals surface area (Å²) in [6.07, 6.45) is 9.86. The summed E-state index contributed by atoms with van der Waals surface area (Å²) in [7, 11) is -0.698. The molecular formula is C12H19N2O2P. The highest BCUT2D eigenvalue weighted by Crippen LogP contribution is 2.41. The average molecular weight is 254 g/mol. The Labute approximate surface area is 103 Å². The van der Waals surface area contributed by atoms with Crippen molar-refractivity contribution in [2.45, 2.75) is 50.6 Å². The van der Waals surface area contributed by atoms with Gasteiger partial charge in [0.05, 0.1) is 6.42 Å². The first-order valence-corrected chi connectivity index (χ1v) is 7.96. The van der Waals surface area contributed by atoms with Gasteiger partial charge in [-0.05, 0) is 12.8 Å². The topological polar surface area (TPSA) is 50.4 Å². The zero-order valence-electron chi connectivity index (χ0n) is 9.95. The lowest BCUT2D eigenvalue weighted by molar-refractivity contribution is -0.131. The van der Waals surface area contributed by atoms with Crippen molar-refractivity contribution in [3.8, 4) is 0 Å². The predicted molar refractivity (Wildman–Crippen MR) is 67.5 cm³/mol. The summed E-state index contributed by atoms with van der Waals surface area (Å²) < 4.78 is 5.31. The van der Waals surface area contributed by atoms with Gasteiger partial charge in [0.1, 0.15) is 0 Å². The van der Waals surface area contributed by atoms with E-state index in [0.29, 0.717) is 18.5 Å². The van der Waals surface area contributed by atoms with Crippen molar-refractivity contribution in [1.82, 2.24) is 10.4 Å². The van der Waals surface area contributed by atoms with Crippen LogP contribution in [0.25, 0.3) is 0 Å². The smallest absolute Gasteiger partial charge is 0.310 e. The molecule has 0 bridgehead atoms. The van der Waals surface area contributed by atoms with Gasteiger partial charge in [0.2, 0.25) is 0 Å². The number of nitrogens with one attached hydrogen (secondary N) is 2. The molecule has 1 saturated carbocycles. The minimum atomic E-state index is -0.698. The molecule has 3 unspecified atom stereocenters. The van der Waals surface area contributed by atoms with Crippen molar-refractivity contribution in [3.63, 3.8) is 0 Å². The Kier molecular flexibility index (Phi) is 3.34. The van der Waals surface area contributed by atoms with E-state index in [2.05, 4.69) is 16.5 Å². The van der Waals surface area contributed by atoms with Crippen LogP contribution in [0, 0.1) is 0 Å². The molecule has 5 heteroatoms. The molecule has 0 aromatic rings. The minimum Gasteiger partial charge on any atom is -0.428 e. The van der Waals surface area contributed by atoms with E-state index >= 15 is 0 Å². The molecule has 3 aliphatic rings. The molecular weight excluding hydrogens is 235 g/mol. The highest BCUT2D eigenvalue weighted by atomic mass is 31.2. The van der Waals surface area contributed by atoms with Crippen LogP contribution < -0.4 is 10.4 Å². The number of carbonyl (C=O) groups is 1. The van der Waals surface area contributed by atoms with Crippen LogP contribution in [0.15, 0.2) is 11.8 Å². The number of hydrogen-bond acceptors (Lipinski definition) is 4. The fraction of sp³-hybridized carbons (Fsp3) is 0.750. The summed E-state index contributed by atoms with van der Waals surface area (Å²) >= 11 is 0. The van der Waals surface area contributed by atoms with E-state index in [9.17, 15) is 4.79 Å². The molecule has 0 aromatic carbocycles. The second kappa shape index (κ2) is 4.95. The van der Waals surface area contributed by atoms with Gasteiger partial charge >= 0.3 is 5.97 Å². The van der Waals surface area contributed by atoms with Gasteiger partial charge in [-0.3, -0.25) is 9.88 Å². The first-order chi connectivity index (χ1) is 8.31. The van der Waals surface area contributed by atoms with Crippen LogP contribution in [0.2, 0.25) is 0 Å². The first-order valence-electron chi connectivity index (χ1n) is 6.51. The predicted octanol–water partition coefficient (Wildman–Crippen LogP) is 2.02. The highest BCUT2D eigenvalue weighted by Gasteiger charge is 2.32. The Morgan fingerprint density at radius 2 is 2.06 bits per heavy atom. The second-order valence-corrected chi connectivity index (χ2v) is 6.66. The Hall–Kier alpha value is -0.600. The molecule has 3 rings (SSSR count). The van der Waals surface area contributed by atoms with E-state index in [1.165, 1.54) is 31.4 Å². The lowest BCUT2D eigenvalue weighted by atomic mass is 9.91. The first kappa shape index (κ1) is 11.5. The zero-order valence-corrected chi connectivity index (χ0v) is 10.8. The molecule has 0 radical (unpaired) electrons. The zero-order chi connectivity index (χ0) is 11.7. The van der Waals surface area contributed by atoms with Gasteiger partial charge in [0.25, 0.3) is 0 Å². The molecule has 0 amide bonds. The second-order valence-electron chi connectivity index (χ2n) is 5.02. The van der Waals surface area contributed by atoms with Crippen molar-refractivity contribution < 1.29 is 9.32 Å². The maximum atomic E-state index is 11.1. The molecule has 3 atom stereocenters. The standard InChI is InChI=1S/C12H19N2O2P/c15-12-7-8-17(16-12)14-11-4-2-1-3-10(11)13-9-5-6-9/h5,10-11,13-14H,1-4,6-8H2. The van der Waals surface area contributed by atoms with Gasteiger partial charge in [0, 0.05) is 30.4 Å². The van der Waals surface area contributed by atoms with Crippen LogP contribution in [-0.4, -0.2) is 24.2 Å². The van der Waals surface area contributed by atoms with Gasteiger partial charge in [-0.25, -0.2) is 0 Å². The van der Waals surface area contributed by atoms with Gasteiger partial charge in [0.15, 0.2) is 8.30 Å². The lowest BCUT2D eigenvalue weighted by Gasteiger charge is -2.34. The molecule has 0 aromatic heterocycles. The average Bonchev–Trinajstić information content (AvgIpc) is 3.04. The summed E-state index contributed by atoms with van der Waals surface area (Å²) in [5.41, 5.74) is 1.39. The summed E-state index contributed by atoms with van der Waals surface area (Å²) in [6.45, 7) is 0. The summed E-state index contributed by atoms with van der Waals surface area (Å²) in [5, 5.41) is 7.16. The maximum absolute atomic E-state index is 11.1. The quantitative estimate of drug-likeness (QED) is 0.754. The normalized spacial score (nSPS) is 36.4. The summed E-state index contributed by atoms with van der Waals surface area (Å²) in [6, 6.07) is 1.00. The summed E-state index contributed by atoms with van der Waals surface area (Å²) in [4.78, 5) is 11.1. The van der Waals surface area contributed by atoms with E-state index in [1.54, 1.807) is 0 Å². The third-order valence-electron chi connectivity index (χ3n) is 3.59. The largest absolute Gasteiger partial charge is 0.428 e. The van der Waals surface area contributed by atoms with Crippen LogP contribution in [0.5, 0.6) is 0 Å². The third-order valence-corrected chi connectivity index (χ3v) is 5.26. The molecule has 17 heavy (non-hydrogen) atoms. The Morgan fingerprint density at radius 1 is 1.29 bits per heavy atom. The van der Waals surface area contributed by atoms with Crippen molar-refractivity contribution in [2.24, 2.45) is 0 Å². The van der Waals surface area contributed by atoms with Crippen LogP contribution in [0.4, 0.5) is 0 Å². The van der Waals surface area contributed by atoms with Crippen LogP contribution >= 0.6 is 8.30 Å². The van der Waals surface area contributed by atoms with Crippen molar-refractivity contribution in [2.75, 3.05) is 6.16 Å². The molecule has 1 aliphatic heterocycles. The van der Waals surface area contributed by atoms with Crippen molar-refractivity contribution >= 4 is 14.3 Å². The molecule has 1 heterocycles. The van der Waals surface area contributed by atoms with Gasteiger partial charge < -0.3 is 9.84 Å². The van der Waals surface area contributed by atoms with Crippen molar-refractivity contribution in [3.05, 3.63) is 11.8 Å². The number of rotatable bonds is 4. The molecule has 2 aliphatic carbocycles. The monoisotopic (exact) mass is 254 g/mol. The molecule has 94 valence electrons. The third kappa shape index (κ3) is 2.99. The van der Waals surface area contributed by atoms with E-state index in [1.807, 2.05) is 0 Å². The SMILES string of the molecule is O=C1CCP(NC2CCCCC2NC2=CC2)O1. The molecule has 1 saturated heterocycles. The van der Waals surface area contributed by atoms with Gasteiger partial charge in [-0.15, -0.1) is 0 Å². The molecule has 2 fully saturated rings. The van der Waals surface area contributed by atoms with E-state index in [-0.39, 0.29) is 5.97 Å². The van der Waals surface area contributed by atoms with E-state index in [4.69, 9.17) is 4.52 Å². The molecule has 4 nitrogen and oxygen atoms in total. The van der Waals surface area contributed by atoms with Crippen molar-refractivity contribution in [1.29, 1.82) is 0 Å². The van der Waals surface area contributed by atoms with E-state index < -0.39 is 8.30 Å². The Balaban J connectivity index is 1.54. The number of allylic oxidation sites excluding steroid dienone is 2.